The highest BCUT2D eigenvalue weighted by Crippen LogP contribution is 2.43. The summed E-state index contributed by atoms with van der Waals surface area (Å²) in [4.78, 5) is 11.4. The lowest BCUT2D eigenvalue weighted by Crippen LogP contribution is -2.53. The third-order valence-electron chi connectivity index (χ3n) is 3.31. The van der Waals surface area contributed by atoms with Gasteiger partial charge in [-0.2, -0.15) is 0 Å². The average Bonchev–Trinajstić information content (AvgIpc) is 2.45. The van der Waals surface area contributed by atoms with Crippen molar-refractivity contribution in [1.29, 1.82) is 0 Å². The molecule has 1 saturated carbocycles. The summed E-state index contributed by atoms with van der Waals surface area (Å²) in [6.07, 6.45) is 4.49. The number of carbonyl (C=O) groups is 1. The Kier molecular flexibility index (Phi) is 1.83. The fourth-order valence-corrected chi connectivity index (χ4v) is 2.43. The van der Waals surface area contributed by atoms with Crippen LogP contribution >= 0.6 is 0 Å². The summed E-state index contributed by atoms with van der Waals surface area (Å²) in [6.45, 7) is 0.972. The van der Waals surface area contributed by atoms with Crippen molar-refractivity contribution in [1.82, 2.24) is 5.32 Å². The van der Waals surface area contributed by atoms with Crippen LogP contribution in [-0.4, -0.2) is 25.2 Å². The predicted molar refractivity (Wildman–Crippen MR) is 44.7 cm³/mol. The first kappa shape index (κ1) is 8.05. The van der Waals surface area contributed by atoms with E-state index in [1.54, 1.807) is 0 Å². The second kappa shape index (κ2) is 2.73. The number of rotatable bonds is 1. The minimum absolute atomic E-state index is 0.0281. The molecular weight excluding hydrogens is 154 g/mol. The van der Waals surface area contributed by atoms with Gasteiger partial charge in [-0.05, 0) is 32.2 Å². The minimum Gasteiger partial charge on any atom is -0.469 e. The van der Waals surface area contributed by atoms with Gasteiger partial charge in [-0.3, -0.25) is 4.79 Å². The summed E-state index contributed by atoms with van der Waals surface area (Å²) in [5.74, 6) is 0.0935. The van der Waals surface area contributed by atoms with E-state index in [1.807, 2.05) is 0 Å². The topological polar surface area (TPSA) is 38.3 Å². The molecule has 0 amide bonds. The minimum atomic E-state index is -0.0281. The van der Waals surface area contributed by atoms with Crippen molar-refractivity contribution in [2.45, 2.75) is 31.2 Å². The molecule has 0 bridgehead atoms. The molecule has 3 heteroatoms. The van der Waals surface area contributed by atoms with Crippen LogP contribution in [-0.2, 0) is 9.53 Å². The van der Waals surface area contributed by atoms with Crippen LogP contribution in [0.15, 0.2) is 0 Å². The van der Waals surface area contributed by atoms with E-state index < -0.39 is 0 Å². The van der Waals surface area contributed by atoms with E-state index in [0.29, 0.717) is 0 Å². The van der Waals surface area contributed by atoms with Gasteiger partial charge >= 0.3 is 5.97 Å². The van der Waals surface area contributed by atoms with Crippen LogP contribution in [0.3, 0.4) is 0 Å². The molecule has 1 unspecified atom stereocenters. The number of hydrogen-bond donors (Lipinski definition) is 1. The number of methoxy groups -OCH3 is 1. The van der Waals surface area contributed by atoms with Gasteiger partial charge in [-0.1, -0.05) is 0 Å². The van der Waals surface area contributed by atoms with Crippen LogP contribution in [0.2, 0.25) is 0 Å². The average molecular weight is 169 g/mol. The van der Waals surface area contributed by atoms with Crippen LogP contribution in [0.4, 0.5) is 0 Å². The highest BCUT2D eigenvalue weighted by molar-refractivity contribution is 5.74. The van der Waals surface area contributed by atoms with E-state index in [9.17, 15) is 4.79 Å². The van der Waals surface area contributed by atoms with Gasteiger partial charge in [0.05, 0.1) is 13.0 Å². The molecule has 68 valence electrons. The van der Waals surface area contributed by atoms with Crippen molar-refractivity contribution in [2.75, 3.05) is 13.7 Å². The molecule has 1 atom stereocenters. The number of carbonyl (C=O) groups excluding carboxylic acids is 1. The quantitative estimate of drug-likeness (QED) is 0.587. The number of nitrogens with one attached hydrogen (secondary N) is 1. The van der Waals surface area contributed by atoms with Gasteiger partial charge in [0.1, 0.15) is 0 Å². The predicted octanol–water partition coefficient (Wildman–Crippen LogP) is 0.692. The van der Waals surface area contributed by atoms with Crippen LogP contribution < -0.4 is 5.32 Å². The van der Waals surface area contributed by atoms with Crippen molar-refractivity contribution in [3.8, 4) is 0 Å². The van der Waals surface area contributed by atoms with Crippen molar-refractivity contribution in [3.05, 3.63) is 0 Å². The number of esters is 1. The zero-order chi connectivity index (χ0) is 8.60. The van der Waals surface area contributed by atoms with Gasteiger partial charge in [-0.15, -0.1) is 0 Å². The van der Waals surface area contributed by atoms with Crippen LogP contribution in [0.1, 0.15) is 25.7 Å². The molecule has 0 aromatic heterocycles. The molecule has 0 aromatic carbocycles. The van der Waals surface area contributed by atoms with E-state index in [-0.39, 0.29) is 17.4 Å². The molecule has 3 nitrogen and oxygen atoms in total. The molecule has 1 spiro atoms. The first-order chi connectivity index (χ1) is 5.78. The molecule has 12 heavy (non-hydrogen) atoms. The Morgan fingerprint density at radius 2 is 2.33 bits per heavy atom. The van der Waals surface area contributed by atoms with Gasteiger partial charge in [0, 0.05) is 5.54 Å². The van der Waals surface area contributed by atoms with E-state index in [2.05, 4.69) is 5.32 Å². The summed E-state index contributed by atoms with van der Waals surface area (Å²) in [5, 5.41) is 3.43. The fourth-order valence-electron chi connectivity index (χ4n) is 2.43. The van der Waals surface area contributed by atoms with Crippen molar-refractivity contribution in [2.24, 2.45) is 5.92 Å². The summed E-state index contributed by atoms with van der Waals surface area (Å²) in [6, 6.07) is 0. The summed E-state index contributed by atoms with van der Waals surface area (Å²) in [7, 11) is 1.48. The lowest BCUT2D eigenvalue weighted by molar-refractivity contribution is -0.148. The molecule has 1 aliphatic heterocycles. The van der Waals surface area contributed by atoms with E-state index in [0.717, 1.165) is 25.8 Å². The Morgan fingerprint density at radius 1 is 1.58 bits per heavy atom. The Hall–Kier alpha value is -0.570. The van der Waals surface area contributed by atoms with Crippen molar-refractivity contribution >= 4 is 5.97 Å². The van der Waals surface area contributed by atoms with Crippen molar-refractivity contribution < 1.29 is 9.53 Å². The van der Waals surface area contributed by atoms with Gasteiger partial charge in [0.15, 0.2) is 0 Å². The maximum atomic E-state index is 11.4. The largest absolute Gasteiger partial charge is 0.469 e. The maximum Gasteiger partial charge on any atom is 0.310 e. The molecule has 1 heterocycles. The summed E-state index contributed by atoms with van der Waals surface area (Å²) >= 11 is 0. The first-order valence-electron chi connectivity index (χ1n) is 4.61. The fraction of sp³-hybridized carbons (Fsp3) is 0.889. The second-order valence-electron chi connectivity index (χ2n) is 3.80. The molecule has 2 rings (SSSR count). The Balaban J connectivity index is 2.09. The van der Waals surface area contributed by atoms with Gasteiger partial charge in [-0.25, -0.2) is 0 Å². The standard InChI is InChI=1S/C9H15NO2/c1-12-8(11)7-3-6-10-9(7)4-2-5-9/h7,10H,2-6H2,1H3. The zero-order valence-corrected chi connectivity index (χ0v) is 7.43. The smallest absolute Gasteiger partial charge is 0.310 e. The molecule has 2 aliphatic rings. The van der Waals surface area contributed by atoms with Crippen molar-refractivity contribution in [3.63, 3.8) is 0 Å². The maximum absolute atomic E-state index is 11.4. The SMILES string of the molecule is COC(=O)C1CCNC12CCC2. The molecular formula is C9H15NO2. The van der Waals surface area contributed by atoms with Gasteiger partial charge in [0.2, 0.25) is 0 Å². The summed E-state index contributed by atoms with van der Waals surface area (Å²) in [5.41, 5.74) is 0.132. The highest BCUT2D eigenvalue weighted by atomic mass is 16.5. The normalized spacial score (nSPS) is 31.6. The molecule has 1 aliphatic carbocycles. The monoisotopic (exact) mass is 169 g/mol. The lowest BCUT2D eigenvalue weighted by Gasteiger charge is -2.42. The van der Waals surface area contributed by atoms with E-state index in [1.165, 1.54) is 13.5 Å². The number of hydrogen-bond acceptors (Lipinski definition) is 3. The third kappa shape index (κ3) is 0.959. The molecule has 0 aromatic rings. The third-order valence-corrected chi connectivity index (χ3v) is 3.31. The molecule has 2 fully saturated rings. The van der Waals surface area contributed by atoms with E-state index in [4.69, 9.17) is 4.74 Å². The first-order valence-corrected chi connectivity index (χ1v) is 4.61. The molecule has 0 radical (unpaired) electrons. The second-order valence-corrected chi connectivity index (χ2v) is 3.80. The lowest BCUT2D eigenvalue weighted by atomic mass is 9.69. The van der Waals surface area contributed by atoms with Gasteiger partial charge in [0.25, 0.3) is 0 Å². The zero-order valence-electron chi connectivity index (χ0n) is 7.43. The molecule has 1 saturated heterocycles. The van der Waals surface area contributed by atoms with E-state index >= 15 is 0 Å². The summed E-state index contributed by atoms with van der Waals surface area (Å²) < 4.78 is 4.79. The van der Waals surface area contributed by atoms with Crippen LogP contribution in [0.25, 0.3) is 0 Å². The highest BCUT2D eigenvalue weighted by Gasteiger charge is 2.50. The number of ether oxygens (including phenoxy) is 1. The van der Waals surface area contributed by atoms with Gasteiger partial charge < -0.3 is 10.1 Å². The Morgan fingerprint density at radius 3 is 2.83 bits per heavy atom. The van der Waals surface area contributed by atoms with Crippen LogP contribution in [0.5, 0.6) is 0 Å². The Bertz CT molecular complexity index is 199. The molecule has 1 N–H and O–H groups in total. The Labute approximate surface area is 72.5 Å². The van der Waals surface area contributed by atoms with Crippen LogP contribution in [0, 0.1) is 5.92 Å².